The number of morpholine rings is 2. The minimum absolute atomic E-state index is 0.179. The summed E-state index contributed by atoms with van der Waals surface area (Å²) in [7, 11) is 0. The standard InChI is InChI=1S/C23H32N6O3/c1-5-17(3)15-19(6-2)20(30)22-25-18(4)21(26-22)27-23(29-9-13-32-14-10-29)24-16-28-7-11-31-12-8-28/h5-6,15H,2,4,7-14,16H2,1,3H3,(H,24,25,26,27)/b17-5-,19-15+. The first-order valence-corrected chi connectivity index (χ1v) is 10.8. The van der Waals surface area contributed by atoms with Crippen LogP contribution in [0.3, 0.4) is 0 Å². The third kappa shape index (κ3) is 6.32. The van der Waals surface area contributed by atoms with Gasteiger partial charge in [-0.1, -0.05) is 30.9 Å². The van der Waals surface area contributed by atoms with Crippen molar-refractivity contribution < 1.29 is 14.3 Å². The Morgan fingerprint density at radius 1 is 1.19 bits per heavy atom. The first-order valence-electron chi connectivity index (χ1n) is 10.8. The number of hydrogen-bond donors (Lipinski definition) is 1. The molecule has 3 rings (SSSR count). The highest BCUT2D eigenvalue weighted by atomic mass is 16.5. The van der Waals surface area contributed by atoms with Gasteiger partial charge in [-0.05, 0) is 19.9 Å². The van der Waals surface area contributed by atoms with Gasteiger partial charge in [-0.15, -0.1) is 0 Å². The molecule has 0 saturated carbocycles. The fourth-order valence-electron chi connectivity index (χ4n) is 3.25. The lowest BCUT2D eigenvalue weighted by molar-refractivity contribution is -0.109. The van der Waals surface area contributed by atoms with E-state index in [2.05, 4.69) is 38.3 Å². The number of nitrogens with one attached hydrogen (secondary N) is 1. The second-order valence-electron chi connectivity index (χ2n) is 7.59. The van der Waals surface area contributed by atoms with Gasteiger partial charge >= 0.3 is 0 Å². The van der Waals surface area contributed by atoms with Crippen molar-refractivity contribution in [2.75, 3.05) is 59.3 Å². The van der Waals surface area contributed by atoms with Gasteiger partial charge in [-0.3, -0.25) is 9.69 Å². The summed E-state index contributed by atoms with van der Waals surface area (Å²) >= 11 is 0. The lowest BCUT2D eigenvalue weighted by atomic mass is 10.1. The van der Waals surface area contributed by atoms with E-state index in [0.29, 0.717) is 69.3 Å². The van der Waals surface area contributed by atoms with Crippen LogP contribution in [0.1, 0.15) is 13.8 Å². The Morgan fingerprint density at radius 3 is 2.47 bits per heavy atom. The normalized spacial score (nSPS) is 22.8. The zero-order chi connectivity index (χ0) is 22.9. The van der Waals surface area contributed by atoms with Gasteiger partial charge in [0.15, 0.2) is 11.7 Å². The summed E-state index contributed by atoms with van der Waals surface area (Å²) in [6.45, 7) is 17.8. The van der Waals surface area contributed by atoms with Crippen molar-refractivity contribution in [3.8, 4) is 0 Å². The lowest BCUT2D eigenvalue weighted by Gasteiger charge is -2.29. The van der Waals surface area contributed by atoms with Crippen molar-refractivity contribution in [3.63, 3.8) is 0 Å². The Hall–Kier alpha value is -2.88. The number of amidine groups is 2. The van der Waals surface area contributed by atoms with Crippen LogP contribution in [0, 0.1) is 0 Å². The van der Waals surface area contributed by atoms with Crippen LogP contribution in [0.2, 0.25) is 0 Å². The highest BCUT2D eigenvalue weighted by Crippen LogP contribution is 2.12. The zero-order valence-electron chi connectivity index (χ0n) is 19.0. The number of carbonyl (C=O) groups is 1. The van der Waals surface area contributed by atoms with Crippen LogP contribution in [-0.4, -0.2) is 92.5 Å². The molecule has 172 valence electrons. The summed E-state index contributed by atoms with van der Waals surface area (Å²) < 4.78 is 10.9. The van der Waals surface area contributed by atoms with Gasteiger partial charge in [0.05, 0.1) is 38.8 Å². The molecule has 32 heavy (non-hydrogen) atoms. The molecule has 0 aliphatic carbocycles. The number of ketones is 1. The topological polar surface area (TPSA) is 91.1 Å². The molecular weight excluding hydrogens is 408 g/mol. The Labute approximate surface area is 189 Å². The van der Waals surface area contributed by atoms with E-state index in [1.54, 1.807) is 6.08 Å². The Balaban J connectivity index is 1.84. The SMILES string of the molecule is C=C/C(=C\C(C)=C/C)C(=O)C1=N/C(=N/C(=N\CN2CCOCC2)N2CCOCC2)C(=C)N1. The van der Waals surface area contributed by atoms with E-state index in [0.717, 1.165) is 18.7 Å². The van der Waals surface area contributed by atoms with Crippen LogP contribution in [0.25, 0.3) is 0 Å². The maximum Gasteiger partial charge on any atom is 0.228 e. The molecule has 0 bridgehead atoms. The average molecular weight is 441 g/mol. The molecule has 2 saturated heterocycles. The van der Waals surface area contributed by atoms with Gasteiger partial charge < -0.3 is 19.7 Å². The van der Waals surface area contributed by atoms with Gasteiger partial charge in [-0.25, -0.2) is 9.98 Å². The summed E-state index contributed by atoms with van der Waals surface area (Å²) in [4.78, 5) is 31.1. The van der Waals surface area contributed by atoms with E-state index in [-0.39, 0.29) is 11.6 Å². The smallest absolute Gasteiger partial charge is 0.228 e. The van der Waals surface area contributed by atoms with Crippen molar-refractivity contribution in [1.82, 2.24) is 15.1 Å². The van der Waals surface area contributed by atoms with Crippen molar-refractivity contribution in [3.05, 3.63) is 48.2 Å². The third-order valence-electron chi connectivity index (χ3n) is 5.31. The highest BCUT2D eigenvalue weighted by molar-refractivity contribution is 6.49. The molecule has 1 N–H and O–H groups in total. The minimum atomic E-state index is -0.259. The number of rotatable bonds is 6. The Bertz CT molecular complexity index is 887. The Morgan fingerprint density at radius 2 is 1.84 bits per heavy atom. The molecule has 0 unspecified atom stereocenters. The fourth-order valence-corrected chi connectivity index (χ4v) is 3.25. The van der Waals surface area contributed by atoms with E-state index in [1.165, 1.54) is 6.08 Å². The lowest BCUT2D eigenvalue weighted by Crippen LogP contribution is -2.42. The first kappa shape index (κ1) is 23.8. The van der Waals surface area contributed by atoms with Gasteiger partial charge in [-0.2, -0.15) is 4.99 Å². The largest absolute Gasteiger partial charge is 0.379 e. The van der Waals surface area contributed by atoms with Crippen LogP contribution >= 0.6 is 0 Å². The summed E-state index contributed by atoms with van der Waals surface area (Å²) in [5.74, 6) is 0.843. The molecule has 2 fully saturated rings. The molecule has 0 spiro atoms. The summed E-state index contributed by atoms with van der Waals surface area (Å²) in [5.41, 5.74) is 1.88. The molecule has 0 aromatic rings. The molecule has 0 radical (unpaired) electrons. The van der Waals surface area contributed by atoms with Crippen molar-refractivity contribution in [2.45, 2.75) is 13.8 Å². The average Bonchev–Trinajstić information content (AvgIpc) is 3.20. The van der Waals surface area contributed by atoms with E-state index >= 15 is 0 Å². The number of hydrogen-bond acceptors (Lipinski definition) is 6. The number of carbonyl (C=O) groups excluding carboxylic acids is 1. The number of allylic oxidation sites excluding steroid dienone is 4. The molecule has 0 atom stereocenters. The molecule has 0 amide bonds. The molecule has 0 aromatic heterocycles. The highest BCUT2D eigenvalue weighted by Gasteiger charge is 2.25. The maximum atomic E-state index is 12.9. The second kappa shape index (κ2) is 11.7. The second-order valence-corrected chi connectivity index (χ2v) is 7.59. The Kier molecular flexibility index (Phi) is 8.66. The fraction of sp³-hybridized carbons (Fsp3) is 0.478. The van der Waals surface area contributed by atoms with Gasteiger partial charge in [0.2, 0.25) is 11.7 Å². The van der Waals surface area contributed by atoms with Crippen molar-refractivity contribution in [2.24, 2.45) is 15.0 Å². The number of ether oxygens (including phenoxy) is 2. The van der Waals surface area contributed by atoms with Crippen molar-refractivity contribution >= 4 is 23.4 Å². The molecule has 9 heteroatoms. The van der Waals surface area contributed by atoms with E-state index in [9.17, 15) is 4.79 Å². The molecule has 3 aliphatic heterocycles. The number of aliphatic imine (C=N–C) groups is 3. The van der Waals surface area contributed by atoms with Crippen LogP contribution in [-0.2, 0) is 14.3 Å². The molecule has 9 nitrogen and oxygen atoms in total. The quantitative estimate of drug-likeness (QED) is 0.292. The van der Waals surface area contributed by atoms with E-state index in [1.807, 2.05) is 19.9 Å². The monoisotopic (exact) mass is 440 g/mol. The van der Waals surface area contributed by atoms with Crippen LogP contribution in [0.5, 0.6) is 0 Å². The zero-order valence-corrected chi connectivity index (χ0v) is 19.0. The van der Waals surface area contributed by atoms with Crippen LogP contribution < -0.4 is 5.32 Å². The predicted molar refractivity (Wildman–Crippen MR) is 127 cm³/mol. The van der Waals surface area contributed by atoms with Gasteiger partial charge in [0.25, 0.3) is 0 Å². The summed E-state index contributed by atoms with van der Waals surface area (Å²) in [6.07, 6.45) is 5.23. The third-order valence-corrected chi connectivity index (χ3v) is 5.31. The van der Waals surface area contributed by atoms with Crippen molar-refractivity contribution in [1.29, 1.82) is 0 Å². The number of nitrogens with zero attached hydrogens (tertiary/aromatic N) is 5. The molecule has 3 heterocycles. The molecular formula is C23H32N6O3. The minimum Gasteiger partial charge on any atom is -0.379 e. The van der Waals surface area contributed by atoms with Crippen LogP contribution in [0.4, 0.5) is 0 Å². The number of guanidine groups is 1. The van der Waals surface area contributed by atoms with E-state index < -0.39 is 0 Å². The van der Waals surface area contributed by atoms with Gasteiger partial charge in [0.1, 0.15) is 0 Å². The van der Waals surface area contributed by atoms with Gasteiger partial charge in [0, 0.05) is 31.8 Å². The first-order chi connectivity index (χ1) is 15.5. The molecule has 3 aliphatic rings. The van der Waals surface area contributed by atoms with E-state index in [4.69, 9.17) is 14.5 Å². The maximum absolute atomic E-state index is 12.9. The molecule has 0 aromatic carbocycles. The predicted octanol–water partition coefficient (Wildman–Crippen LogP) is 1.53. The van der Waals surface area contributed by atoms with Crippen LogP contribution in [0.15, 0.2) is 63.2 Å². The summed E-state index contributed by atoms with van der Waals surface area (Å²) in [6, 6.07) is 0. The number of Topliss-reactive ketones (excluding diaryl/α,β-unsaturated/α-hetero) is 1. The summed E-state index contributed by atoms with van der Waals surface area (Å²) in [5, 5.41) is 2.97.